The highest BCUT2D eigenvalue weighted by molar-refractivity contribution is 9.10. The number of ether oxygens (including phenoxy) is 1. The largest absolute Gasteiger partial charge is 0.480 e. The standard InChI is InChI=1S/C8H10BrClN2OS/c1-5(3-10)14-8-11-4-6(9)7(12-8)13-2/h4-5H,3H2,1-2H3. The van der Waals surface area contributed by atoms with E-state index in [0.29, 0.717) is 22.2 Å². The lowest BCUT2D eigenvalue weighted by Gasteiger charge is -2.07. The van der Waals surface area contributed by atoms with Gasteiger partial charge in [-0.25, -0.2) is 4.98 Å². The Morgan fingerprint density at radius 3 is 3.00 bits per heavy atom. The molecule has 1 aromatic heterocycles. The Labute approximate surface area is 101 Å². The van der Waals surface area contributed by atoms with Crippen molar-refractivity contribution in [1.29, 1.82) is 0 Å². The quantitative estimate of drug-likeness (QED) is 0.486. The smallest absolute Gasteiger partial charge is 0.231 e. The van der Waals surface area contributed by atoms with Gasteiger partial charge in [-0.15, -0.1) is 11.6 Å². The first-order valence-electron chi connectivity index (χ1n) is 3.96. The highest BCUT2D eigenvalue weighted by Gasteiger charge is 2.08. The number of nitrogens with zero attached hydrogens (tertiary/aromatic N) is 2. The molecule has 1 aromatic rings. The second-order valence-corrected chi connectivity index (χ2v) is 5.16. The van der Waals surface area contributed by atoms with Gasteiger partial charge in [-0.3, -0.25) is 0 Å². The van der Waals surface area contributed by atoms with Crippen molar-refractivity contribution in [3.8, 4) is 5.88 Å². The summed E-state index contributed by atoms with van der Waals surface area (Å²) in [5, 5.41) is 0.973. The Morgan fingerprint density at radius 1 is 1.71 bits per heavy atom. The van der Waals surface area contributed by atoms with Crippen LogP contribution in [-0.2, 0) is 0 Å². The number of hydrogen-bond acceptors (Lipinski definition) is 4. The summed E-state index contributed by atoms with van der Waals surface area (Å²) >= 11 is 10.5. The lowest BCUT2D eigenvalue weighted by Crippen LogP contribution is -2.00. The zero-order chi connectivity index (χ0) is 10.6. The normalized spacial score (nSPS) is 12.6. The second-order valence-electron chi connectivity index (χ2n) is 2.59. The van der Waals surface area contributed by atoms with E-state index in [1.165, 1.54) is 11.8 Å². The van der Waals surface area contributed by atoms with Gasteiger partial charge in [0.15, 0.2) is 5.16 Å². The van der Waals surface area contributed by atoms with Crippen molar-refractivity contribution in [2.45, 2.75) is 17.3 Å². The predicted octanol–water partition coefficient (Wildman–Crippen LogP) is 2.97. The molecular formula is C8H10BrClN2OS. The van der Waals surface area contributed by atoms with E-state index in [1.807, 2.05) is 6.92 Å². The molecule has 1 unspecified atom stereocenters. The topological polar surface area (TPSA) is 35.0 Å². The summed E-state index contributed by atoms with van der Waals surface area (Å²) in [5.74, 6) is 1.12. The molecule has 1 heterocycles. The molecule has 1 atom stereocenters. The number of aromatic nitrogens is 2. The summed E-state index contributed by atoms with van der Waals surface area (Å²) in [6, 6.07) is 0. The molecule has 0 saturated carbocycles. The Balaban J connectivity index is 2.79. The molecule has 78 valence electrons. The van der Waals surface area contributed by atoms with Crippen LogP contribution >= 0.6 is 39.3 Å². The number of hydrogen-bond donors (Lipinski definition) is 0. The molecule has 0 aliphatic rings. The first-order valence-corrected chi connectivity index (χ1v) is 6.17. The van der Waals surface area contributed by atoms with E-state index >= 15 is 0 Å². The van der Waals surface area contributed by atoms with Crippen LogP contribution in [0.25, 0.3) is 0 Å². The van der Waals surface area contributed by atoms with E-state index in [9.17, 15) is 0 Å². The number of methoxy groups -OCH3 is 1. The van der Waals surface area contributed by atoms with Crippen LogP contribution in [0.3, 0.4) is 0 Å². The summed E-state index contributed by atoms with van der Waals surface area (Å²) in [4.78, 5) is 8.34. The fraction of sp³-hybridized carbons (Fsp3) is 0.500. The minimum absolute atomic E-state index is 0.294. The number of alkyl halides is 1. The van der Waals surface area contributed by atoms with Crippen LogP contribution in [0.15, 0.2) is 15.8 Å². The van der Waals surface area contributed by atoms with Gasteiger partial charge in [0.25, 0.3) is 0 Å². The maximum absolute atomic E-state index is 5.69. The third-order valence-corrected chi connectivity index (χ3v) is 3.57. The van der Waals surface area contributed by atoms with Gasteiger partial charge < -0.3 is 4.74 Å². The van der Waals surface area contributed by atoms with Gasteiger partial charge in [-0.05, 0) is 15.9 Å². The van der Waals surface area contributed by atoms with Crippen molar-refractivity contribution >= 4 is 39.3 Å². The highest BCUT2D eigenvalue weighted by Crippen LogP contribution is 2.26. The molecule has 0 fully saturated rings. The van der Waals surface area contributed by atoms with E-state index in [4.69, 9.17) is 16.3 Å². The van der Waals surface area contributed by atoms with Gasteiger partial charge >= 0.3 is 0 Å². The maximum atomic E-state index is 5.69. The SMILES string of the molecule is COc1nc(SC(C)CCl)ncc1Br. The van der Waals surface area contributed by atoms with E-state index in [1.54, 1.807) is 13.3 Å². The van der Waals surface area contributed by atoms with E-state index in [0.717, 1.165) is 4.47 Å². The Kier molecular flexibility index (Phi) is 4.98. The Bertz CT molecular complexity index is 313. The van der Waals surface area contributed by atoms with Gasteiger partial charge in [-0.1, -0.05) is 18.7 Å². The lowest BCUT2D eigenvalue weighted by atomic mass is 10.6. The molecular weight excluding hydrogens is 288 g/mol. The van der Waals surface area contributed by atoms with E-state index in [2.05, 4.69) is 25.9 Å². The zero-order valence-corrected chi connectivity index (χ0v) is 11.0. The molecule has 0 radical (unpaired) electrons. The average Bonchev–Trinajstić information content (AvgIpc) is 2.20. The summed E-state index contributed by atoms with van der Waals surface area (Å²) in [6.07, 6.45) is 1.68. The molecule has 0 N–H and O–H groups in total. The minimum Gasteiger partial charge on any atom is -0.480 e. The molecule has 1 rings (SSSR count). The molecule has 0 spiro atoms. The molecule has 3 nitrogen and oxygen atoms in total. The van der Waals surface area contributed by atoms with Gasteiger partial charge in [0.05, 0.1) is 11.6 Å². The monoisotopic (exact) mass is 296 g/mol. The molecule has 0 bridgehead atoms. The molecule has 0 aromatic carbocycles. The molecule has 6 heteroatoms. The molecule has 0 saturated heterocycles. The summed E-state index contributed by atoms with van der Waals surface area (Å²) in [7, 11) is 1.58. The van der Waals surface area contributed by atoms with Crippen molar-refractivity contribution < 1.29 is 4.74 Å². The molecule has 0 amide bonds. The van der Waals surface area contributed by atoms with Crippen molar-refractivity contribution in [3.05, 3.63) is 10.7 Å². The van der Waals surface area contributed by atoms with Crippen molar-refractivity contribution in [2.24, 2.45) is 0 Å². The predicted molar refractivity (Wildman–Crippen MR) is 62.3 cm³/mol. The van der Waals surface area contributed by atoms with Crippen LogP contribution < -0.4 is 4.74 Å². The molecule has 0 aliphatic carbocycles. The molecule has 14 heavy (non-hydrogen) atoms. The summed E-state index contributed by atoms with van der Waals surface area (Å²) < 4.78 is 5.81. The highest BCUT2D eigenvalue weighted by atomic mass is 79.9. The van der Waals surface area contributed by atoms with E-state index in [-0.39, 0.29) is 0 Å². The van der Waals surface area contributed by atoms with Crippen LogP contribution in [0.2, 0.25) is 0 Å². The third-order valence-electron chi connectivity index (χ3n) is 1.41. The fourth-order valence-electron chi connectivity index (χ4n) is 0.748. The lowest BCUT2D eigenvalue weighted by molar-refractivity contribution is 0.389. The van der Waals surface area contributed by atoms with Crippen LogP contribution in [-0.4, -0.2) is 28.2 Å². The summed E-state index contributed by atoms with van der Waals surface area (Å²) in [5.41, 5.74) is 0. The first kappa shape index (κ1) is 12.1. The number of thioether (sulfide) groups is 1. The number of rotatable bonds is 4. The van der Waals surface area contributed by atoms with Gasteiger partial charge in [-0.2, -0.15) is 4.98 Å². The van der Waals surface area contributed by atoms with E-state index < -0.39 is 0 Å². The van der Waals surface area contributed by atoms with Crippen LogP contribution in [0.5, 0.6) is 5.88 Å². The molecule has 0 aliphatic heterocycles. The third kappa shape index (κ3) is 3.29. The number of halogens is 2. The van der Waals surface area contributed by atoms with Gasteiger partial charge in [0.2, 0.25) is 5.88 Å². The van der Waals surface area contributed by atoms with Crippen LogP contribution in [0.4, 0.5) is 0 Å². The second kappa shape index (κ2) is 5.78. The van der Waals surface area contributed by atoms with Gasteiger partial charge in [0.1, 0.15) is 0 Å². The Morgan fingerprint density at radius 2 is 2.43 bits per heavy atom. The fourth-order valence-corrected chi connectivity index (χ4v) is 1.96. The zero-order valence-electron chi connectivity index (χ0n) is 7.83. The van der Waals surface area contributed by atoms with Crippen molar-refractivity contribution in [2.75, 3.05) is 13.0 Å². The van der Waals surface area contributed by atoms with Gasteiger partial charge in [0, 0.05) is 17.3 Å². The van der Waals surface area contributed by atoms with Crippen molar-refractivity contribution in [3.63, 3.8) is 0 Å². The average molecular weight is 298 g/mol. The maximum Gasteiger partial charge on any atom is 0.231 e. The Hall–Kier alpha value is -0.000000000000000111. The van der Waals surface area contributed by atoms with Crippen LogP contribution in [0.1, 0.15) is 6.92 Å². The van der Waals surface area contributed by atoms with Crippen LogP contribution in [0, 0.1) is 0 Å². The summed E-state index contributed by atoms with van der Waals surface area (Å²) in [6.45, 7) is 2.02. The van der Waals surface area contributed by atoms with Crippen molar-refractivity contribution in [1.82, 2.24) is 9.97 Å². The first-order chi connectivity index (χ1) is 6.67. The minimum atomic E-state index is 0.294.